The lowest BCUT2D eigenvalue weighted by Gasteiger charge is -2.27. The van der Waals surface area contributed by atoms with Crippen LogP contribution in [0, 0.1) is 6.92 Å². The first-order chi connectivity index (χ1) is 12.3. The SMILES string of the molecule is CC(=O)N(CCC(=O)Nc1ccccc1Cl)c1c(C)cccc1C(C)C. The first-order valence-corrected chi connectivity index (χ1v) is 9.11. The molecular weight excluding hydrogens is 348 g/mol. The van der Waals surface area contributed by atoms with E-state index in [-0.39, 0.29) is 24.2 Å². The highest BCUT2D eigenvalue weighted by Gasteiger charge is 2.20. The fourth-order valence-electron chi connectivity index (χ4n) is 2.93. The summed E-state index contributed by atoms with van der Waals surface area (Å²) in [5.41, 5.74) is 3.61. The first-order valence-electron chi connectivity index (χ1n) is 8.73. The topological polar surface area (TPSA) is 49.4 Å². The maximum Gasteiger partial charge on any atom is 0.226 e. The van der Waals surface area contributed by atoms with Crippen LogP contribution in [0.4, 0.5) is 11.4 Å². The highest BCUT2D eigenvalue weighted by atomic mass is 35.5. The summed E-state index contributed by atoms with van der Waals surface area (Å²) >= 11 is 6.07. The third-order valence-electron chi connectivity index (χ3n) is 4.25. The third kappa shape index (κ3) is 4.85. The molecule has 0 aromatic heterocycles. The lowest BCUT2D eigenvalue weighted by atomic mass is 9.97. The minimum atomic E-state index is -0.177. The van der Waals surface area contributed by atoms with Crippen LogP contribution in [0.15, 0.2) is 42.5 Å². The van der Waals surface area contributed by atoms with Gasteiger partial charge in [-0.15, -0.1) is 0 Å². The number of halogens is 1. The van der Waals surface area contributed by atoms with Crippen LogP contribution in [0.3, 0.4) is 0 Å². The summed E-state index contributed by atoms with van der Waals surface area (Å²) < 4.78 is 0. The van der Waals surface area contributed by atoms with Crippen molar-refractivity contribution < 1.29 is 9.59 Å². The van der Waals surface area contributed by atoms with Crippen molar-refractivity contribution in [3.63, 3.8) is 0 Å². The van der Waals surface area contributed by atoms with E-state index in [1.807, 2.05) is 31.2 Å². The Labute approximate surface area is 160 Å². The smallest absolute Gasteiger partial charge is 0.226 e. The normalized spacial score (nSPS) is 10.7. The van der Waals surface area contributed by atoms with Crippen molar-refractivity contribution in [3.8, 4) is 0 Å². The van der Waals surface area contributed by atoms with Gasteiger partial charge in [-0.1, -0.05) is 55.8 Å². The number of amides is 2. The molecule has 5 heteroatoms. The minimum absolute atomic E-state index is 0.0771. The average molecular weight is 373 g/mol. The van der Waals surface area contributed by atoms with E-state index in [4.69, 9.17) is 11.6 Å². The second-order valence-electron chi connectivity index (χ2n) is 6.62. The van der Waals surface area contributed by atoms with Crippen LogP contribution in [0.5, 0.6) is 0 Å². The van der Waals surface area contributed by atoms with Crippen LogP contribution in [-0.4, -0.2) is 18.4 Å². The number of carbonyl (C=O) groups excluding carboxylic acids is 2. The Kier molecular flexibility index (Phi) is 6.81. The van der Waals surface area contributed by atoms with Crippen molar-refractivity contribution >= 4 is 34.8 Å². The molecule has 0 saturated carbocycles. The summed E-state index contributed by atoms with van der Waals surface area (Å²) in [5, 5.41) is 3.29. The van der Waals surface area contributed by atoms with Crippen molar-refractivity contribution in [2.75, 3.05) is 16.8 Å². The van der Waals surface area contributed by atoms with Crippen molar-refractivity contribution in [3.05, 3.63) is 58.6 Å². The number of anilines is 2. The number of hydrogen-bond acceptors (Lipinski definition) is 2. The molecule has 0 atom stereocenters. The standard InChI is InChI=1S/C21H25ClN2O2/c1-14(2)17-9-7-8-15(3)21(17)24(16(4)25)13-12-20(26)23-19-11-6-5-10-18(19)22/h5-11,14H,12-13H2,1-4H3,(H,23,26). The maximum atomic E-state index is 12.3. The largest absolute Gasteiger partial charge is 0.325 e. The molecule has 0 aliphatic rings. The molecule has 0 bridgehead atoms. The van der Waals surface area contributed by atoms with Gasteiger partial charge in [0.1, 0.15) is 0 Å². The summed E-state index contributed by atoms with van der Waals surface area (Å²) in [6.45, 7) is 8.03. The minimum Gasteiger partial charge on any atom is -0.325 e. The fourth-order valence-corrected chi connectivity index (χ4v) is 3.11. The molecule has 0 aliphatic carbocycles. The Morgan fingerprint density at radius 2 is 1.81 bits per heavy atom. The van der Waals surface area contributed by atoms with Gasteiger partial charge in [0.2, 0.25) is 11.8 Å². The van der Waals surface area contributed by atoms with Crippen molar-refractivity contribution in [1.82, 2.24) is 0 Å². The van der Waals surface area contributed by atoms with Gasteiger partial charge in [-0.3, -0.25) is 9.59 Å². The molecule has 2 rings (SSSR count). The average Bonchev–Trinajstić information content (AvgIpc) is 2.57. The molecule has 0 radical (unpaired) electrons. The predicted molar refractivity (Wildman–Crippen MR) is 108 cm³/mol. The van der Waals surface area contributed by atoms with Crippen LogP contribution in [0.2, 0.25) is 5.02 Å². The zero-order valence-electron chi connectivity index (χ0n) is 15.7. The molecule has 138 valence electrons. The zero-order chi connectivity index (χ0) is 19.3. The van der Waals surface area contributed by atoms with E-state index in [0.29, 0.717) is 17.3 Å². The van der Waals surface area contributed by atoms with Gasteiger partial charge in [-0.2, -0.15) is 0 Å². The van der Waals surface area contributed by atoms with Crippen LogP contribution in [0.25, 0.3) is 0 Å². The lowest BCUT2D eigenvalue weighted by molar-refractivity contribution is -0.117. The third-order valence-corrected chi connectivity index (χ3v) is 4.58. The molecule has 2 amide bonds. The molecule has 0 saturated heterocycles. The van der Waals surface area contributed by atoms with E-state index >= 15 is 0 Å². The van der Waals surface area contributed by atoms with Gasteiger partial charge in [0, 0.05) is 25.6 Å². The Balaban J connectivity index is 2.16. The number of hydrogen-bond donors (Lipinski definition) is 1. The molecule has 0 spiro atoms. The lowest BCUT2D eigenvalue weighted by Crippen LogP contribution is -2.33. The summed E-state index contributed by atoms with van der Waals surface area (Å²) in [7, 11) is 0. The quantitative estimate of drug-likeness (QED) is 0.761. The van der Waals surface area contributed by atoms with Crippen LogP contribution in [-0.2, 0) is 9.59 Å². The molecule has 0 heterocycles. The van der Waals surface area contributed by atoms with E-state index in [1.54, 1.807) is 23.1 Å². The van der Waals surface area contributed by atoms with Crippen molar-refractivity contribution in [2.45, 2.75) is 40.0 Å². The molecule has 4 nitrogen and oxygen atoms in total. The van der Waals surface area contributed by atoms with Gasteiger partial charge in [0.05, 0.1) is 10.7 Å². The van der Waals surface area contributed by atoms with E-state index in [1.165, 1.54) is 6.92 Å². The second-order valence-corrected chi connectivity index (χ2v) is 7.02. The number of benzene rings is 2. The monoisotopic (exact) mass is 372 g/mol. The van der Waals surface area contributed by atoms with Gasteiger partial charge >= 0.3 is 0 Å². The summed E-state index contributed by atoms with van der Waals surface area (Å²) in [6.07, 6.45) is 0.191. The van der Waals surface area contributed by atoms with Crippen LogP contribution < -0.4 is 10.2 Å². The van der Waals surface area contributed by atoms with Crippen molar-refractivity contribution in [1.29, 1.82) is 0 Å². The van der Waals surface area contributed by atoms with Crippen LogP contribution >= 0.6 is 11.6 Å². The number of carbonyl (C=O) groups is 2. The number of nitrogens with zero attached hydrogens (tertiary/aromatic N) is 1. The Hall–Kier alpha value is -2.33. The molecule has 2 aromatic carbocycles. The van der Waals surface area contributed by atoms with Gasteiger partial charge in [0.15, 0.2) is 0 Å². The second kappa shape index (κ2) is 8.86. The van der Waals surface area contributed by atoms with Gasteiger partial charge < -0.3 is 10.2 Å². The Morgan fingerprint density at radius 1 is 1.12 bits per heavy atom. The van der Waals surface area contributed by atoms with Gasteiger partial charge in [-0.05, 0) is 36.1 Å². The Bertz CT molecular complexity index is 802. The maximum absolute atomic E-state index is 12.3. The number of nitrogens with one attached hydrogen (secondary N) is 1. The molecule has 26 heavy (non-hydrogen) atoms. The van der Waals surface area contributed by atoms with Crippen LogP contribution in [0.1, 0.15) is 44.2 Å². The molecule has 0 fully saturated rings. The predicted octanol–water partition coefficient (Wildman–Crippen LogP) is 5.15. The van der Waals surface area contributed by atoms with E-state index < -0.39 is 0 Å². The summed E-state index contributed by atoms with van der Waals surface area (Å²) in [6, 6.07) is 13.1. The molecular formula is C21H25ClN2O2. The van der Waals surface area contributed by atoms with E-state index in [9.17, 15) is 9.59 Å². The molecule has 1 N–H and O–H groups in total. The van der Waals surface area contributed by atoms with Gasteiger partial charge in [0.25, 0.3) is 0 Å². The number of rotatable bonds is 6. The first kappa shape index (κ1) is 20.0. The summed E-state index contributed by atoms with van der Waals surface area (Å²) in [5.74, 6) is 0.0273. The Morgan fingerprint density at radius 3 is 2.42 bits per heavy atom. The summed E-state index contributed by atoms with van der Waals surface area (Å²) in [4.78, 5) is 26.3. The fraction of sp³-hybridized carbons (Fsp3) is 0.333. The molecule has 2 aromatic rings. The number of aryl methyl sites for hydroxylation is 1. The highest BCUT2D eigenvalue weighted by molar-refractivity contribution is 6.33. The zero-order valence-corrected chi connectivity index (χ0v) is 16.4. The highest BCUT2D eigenvalue weighted by Crippen LogP contribution is 2.31. The van der Waals surface area contributed by atoms with Crippen molar-refractivity contribution in [2.24, 2.45) is 0 Å². The van der Waals surface area contributed by atoms with Gasteiger partial charge in [-0.25, -0.2) is 0 Å². The molecule has 0 unspecified atom stereocenters. The number of para-hydroxylation sites is 2. The van der Waals surface area contributed by atoms with E-state index in [2.05, 4.69) is 19.2 Å². The van der Waals surface area contributed by atoms with E-state index in [0.717, 1.165) is 16.8 Å². The molecule has 0 aliphatic heterocycles.